The van der Waals surface area contributed by atoms with Crippen molar-refractivity contribution in [2.45, 2.75) is 25.3 Å². The number of nitrogens with zero attached hydrogens (tertiary/aromatic N) is 5. The summed E-state index contributed by atoms with van der Waals surface area (Å²) in [7, 11) is -3.78. The Balaban J connectivity index is 1.74. The number of sulfonamides is 1. The number of aryl methyl sites for hydroxylation is 2. The molecule has 0 aliphatic carbocycles. The van der Waals surface area contributed by atoms with E-state index < -0.39 is 10.0 Å². The molecule has 0 atom stereocenters. The van der Waals surface area contributed by atoms with Gasteiger partial charge in [0.1, 0.15) is 10.6 Å². The lowest BCUT2D eigenvalue weighted by Gasteiger charge is -2.08. The van der Waals surface area contributed by atoms with E-state index in [0.717, 1.165) is 0 Å². The number of nitrogens with one attached hydrogen (secondary N) is 1. The summed E-state index contributed by atoms with van der Waals surface area (Å²) >= 11 is 0. The van der Waals surface area contributed by atoms with Crippen LogP contribution in [0.4, 0.5) is 0 Å². The first kappa shape index (κ1) is 17.0. The van der Waals surface area contributed by atoms with Gasteiger partial charge in [-0.2, -0.15) is 5.10 Å². The second-order valence-electron chi connectivity index (χ2n) is 5.25. The van der Waals surface area contributed by atoms with Gasteiger partial charge < -0.3 is 4.52 Å². The van der Waals surface area contributed by atoms with E-state index in [2.05, 4.69) is 20.1 Å². The molecule has 3 rings (SSSR count). The summed E-state index contributed by atoms with van der Waals surface area (Å²) in [6, 6.07) is 4.63. The fourth-order valence-electron chi connectivity index (χ4n) is 2.34. The lowest BCUT2D eigenvalue weighted by Crippen LogP contribution is -2.32. The average Bonchev–Trinajstić information content (AvgIpc) is 3.19. The Morgan fingerprint density at radius 2 is 2.08 bits per heavy atom. The third-order valence-electron chi connectivity index (χ3n) is 3.44. The molecule has 11 heteroatoms. The maximum Gasteiger partial charge on any atom is 0.266 e. The summed E-state index contributed by atoms with van der Waals surface area (Å²) in [6.45, 7) is 3.12. The molecule has 0 aliphatic rings. The van der Waals surface area contributed by atoms with Gasteiger partial charge in [-0.1, -0.05) is 5.16 Å². The summed E-state index contributed by atoms with van der Waals surface area (Å²) in [4.78, 5) is 11.9. The van der Waals surface area contributed by atoms with Crippen molar-refractivity contribution < 1.29 is 12.9 Å². The van der Waals surface area contributed by atoms with Crippen molar-refractivity contribution in [1.29, 1.82) is 0 Å². The smallest absolute Gasteiger partial charge is 0.266 e. The molecule has 0 radical (unpaired) electrons. The van der Waals surface area contributed by atoms with Crippen LogP contribution in [0.5, 0.6) is 0 Å². The van der Waals surface area contributed by atoms with E-state index in [4.69, 9.17) is 4.52 Å². The second-order valence-corrected chi connectivity index (χ2v) is 6.96. The highest BCUT2D eigenvalue weighted by molar-refractivity contribution is 7.89. The number of hydrogen-bond acceptors (Lipinski definition) is 7. The van der Waals surface area contributed by atoms with E-state index in [1.807, 2.05) is 0 Å². The number of rotatable bonds is 6. The summed E-state index contributed by atoms with van der Waals surface area (Å²) in [5.74, 6) is 0.666. The maximum absolute atomic E-state index is 12.3. The van der Waals surface area contributed by atoms with Gasteiger partial charge in [0.2, 0.25) is 10.0 Å². The summed E-state index contributed by atoms with van der Waals surface area (Å²) in [5, 5.41) is 11.8. The zero-order chi connectivity index (χ0) is 18.0. The van der Waals surface area contributed by atoms with Crippen molar-refractivity contribution in [2.75, 3.05) is 6.54 Å². The van der Waals surface area contributed by atoms with Gasteiger partial charge in [0.25, 0.3) is 5.56 Å². The number of hydrogen-bond donors (Lipinski definition) is 1. The van der Waals surface area contributed by atoms with Gasteiger partial charge >= 0.3 is 0 Å². The van der Waals surface area contributed by atoms with E-state index in [1.54, 1.807) is 31.5 Å². The predicted octanol–water partition coefficient (Wildman–Crippen LogP) is 0.0123. The van der Waals surface area contributed by atoms with E-state index in [1.165, 1.54) is 22.4 Å². The Kier molecular flexibility index (Phi) is 4.51. The minimum Gasteiger partial charge on any atom is -0.360 e. The third-order valence-corrected chi connectivity index (χ3v) is 5.15. The van der Waals surface area contributed by atoms with Crippen LogP contribution in [0.15, 0.2) is 44.8 Å². The predicted molar refractivity (Wildman–Crippen MR) is 86.8 cm³/mol. The van der Waals surface area contributed by atoms with E-state index >= 15 is 0 Å². The van der Waals surface area contributed by atoms with Crippen LogP contribution in [0.3, 0.4) is 0 Å². The highest BCUT2D eigenvalue weighted by Gasteiger charge is 2.23. The maximum atomic E-state index is 12.3. The Labute approximate surface area is 143 Å². The largest absolute Gasteiger partial charge is 0.360 e. The molecule has 1 N–H and O–H groups in total. The normalized spacial score (nSPS) is 11.8. The van der Waals surface area contributed by atoms with E-state index in [-0.39, 0.29) is 35.0 Å². The molecule has 3 aromatic rings. The molecular formula is C14H16N6O4S. The van der Waals surface area contributed by atoms with Gasteiger partial charge in [-0.3, -0.25) is 4.79 Å². The van der Waals surface area contributed by atoms with Crippen LogP contribution in [-0.4, -0.2) is 39.7 Å². The molecule has 0 spiro atoms. The molecule has 132 valence electrons. The van der Waals surface area contributed by atoms with Gasteiger partial charge in [0.05, 0.1) is 6.54 Å². The van der Waals surface area contributed by atoms with E-state index in [9.17, 15) is 13.2 Å². The van der Waals surface area contributed by atoms with Crippen LogP contribution in [0.2, 0.25) is 0 Å². The van der Waals surface area contributed by atoms with Gasteiger partial charge in [-0.05, 0) is 26.0 Å². The van der Waals surface area contributed by atoms with Gasteiger partial charge in [0, 0.05) is 25.0 Å². The zero-order valence-electron chi connectivity index (χ0n) is 13.6. The van der Waals surface area contributed by atoms with Crippen molar-refractivity contribution in [3.05, 3.63) is 52.4 Å². The molecule has 10 nitrogen and oxygen atoms in total. The molecule has 0 saturated carbocycles. The fourth-order valence-corrected chi connectivity index (χ4v) is 3.69. The monoisotopic (exact) mass is 364 g/mol. The highest BCUT2D eigenvalue weighted by Crippen LogP contribution is 2.18. The molecule has 0 aliphatic heterocycles. The SMILES string of the molecule is Cc1noc(C)c1S(=O)(=O)NCCn1nc(-n2cccn2)ccc1=O. The lowest BCUT2D eigenvalue weighted by atomic mass is 10.4. The molecule has 0 aromatic carbocycles. The van der Waals surface area contributed by atoms with Gasteiger partial charge in [0.15, 0.2) is 11.6 Å². The van der Waals surface area contributed by atoms with Crippen LogP contribution in [-0.2, 0) is 16.6 Å². The molecule has 0 bridgehead atoms. The molecule has 0 unspecified atom stereocenters. The first-order chi connectivity index (χ1) is 11.9. The van der Waals surface area contributed by atoms with Crippen molar-refractivity contribution in [3.8, 4) is 5.82 Å². The summed E-state index contributed by atoms with van der Waals surface area (Å²) < 4.78 is 34.6. The average molecular weight is 364 g/mol. The Morgan fingerprint density at radius 3 is 2.72 bits per heavy atom. The molecule has 0 saturated heterocycles. The second kappa shape index (κ2) is 6.61. The Hall–Kier alpha value is -2.79. The first-order valence-corrected chi connectivity index (χ1v) is 8.87. The van der Waals surface area contributed by atoms with Crippen LogP contribution in [0.25, 0.3) is 5.82 Å². The van der Waals surface area contributed by atoms with Crippen LogP contribution >= 0.6 is 0 Å². The van der Waals surface area contributed by atoms with E-state index in [0.29, 0.717) is 5.82 Å². The first-order valence-electron chi connectivity index (χ1n) is 7.39. The quantitative estimate of drug-likeness (QED) is 0.653. The van der Waals surface area contributed by atoms with Crippen molar-refractivity contribution in [1.82, 2.24) is 29.4 Å². The van der Waals surface area contributed by atoms with Crippen molar-refractivity contribution >= 4 is 10.0 Å². The van der Waals surface area contributed by atoms with Gasteiger partial charge in [-0.15, -0.1) is 5.10 Å². The van der Waals surface area contributed by atoms with Crippen LogP contribution < -0.4 is 10.3 Å². The zero-order valence-corrected chi connectivity index (χ0v) is 14.4. The summed E-state index contributed by atoms with van der Waals surface area (Å²) in [5.41, 5.74) is -0.0617. The topological polar surface area (TPSA) is 125 Å². The van der Waals surface area contributed by atoms with Crippen molar-refractivity contribution in [3.63, 3.8) is 0 Å². The lowest BCUT2D eigenvalue weighted by molar-refractivity contribution is 0.390. The fraction of sp³-hybridized carbons (Fsp3) is 0.286. The summed E-state index contributed by atoms with van der Waals surface area (Å²) in [6.07, 6.45) is 3.28. The molecule has 3 aromatic heterocycles. The van der Waals surface area contributed by atoms with Crippen molar-refractivity contribution in [2.24, 2.45) is 0 Å². The molecule has 0 fully saturated rings. The highest BCUT2D eigenvalue weighted by atomic mass is 32.2. The number of aromatic nitrogens is 5. The Morgan fingerprint density at radius 1 is 1.28 bits per heavy atom. The molecule has 25 heavy (non-hydrogen) atoms. The third kappa shape index (κ3) is 3.51. The van der Waals surface area contributed by atoms with Crippen LogP contribution in [0, 0.1) is 13.8 Å². The minimum absolute atomic E-state index is 0.0120. The van der Waals surface area contributed by atoms with Gasteiger partial charge in [-0.25, -0.2) is 22.5 Å². The Bertz CT molecular complexity index is 1020. The standard InChI is InChI=1S/C14H16N6O4S/c1-10-14(11(2)24-18-10)25(22,23)16-7-9-20-13(21)5-4-12(17-20)19-8-3-6-15-19/h3-6,8,16H,7,9H2,1-2H3. The minimum atomic E-state index is -3.78. The molecular weight excluding hydrogens is 348 g/mol. The molecule has 3 heterocycles. The molecule has 0 amide bonds. The van der Waals surface area contributed by atoms with Crippen LogP contribution in [0.1, 0.15) is 11.5 Å².